The first-order valence-corrected chi connectivity index (χ1v) is 8.44. The van der Waals surface area contributed by atoms with Gasteiger partial charge in [-0.05, 0) is 44.2 Å². The van der Waals surface area contributed by atoms with Gasteiger partial charge >= 0.3 is 0 Å². The van der Waals surface area contributed by atoms with Crippen LogP contribution in [0.4, 0.5) is 5.69 Å². The zero-order chi connectivity index (χ0) is 17.8. The highest BCUT2D eigenvalue weighted by molar-refractivity contribution is 8.00. The van der Waals surface area contributed by atoms with Gasteiger partial charge in [0.15, 0.2) is 0 Å². The molecule has 130 valence electrons. The smallest absolute Gasteiger partial charge is 0.277 e. The van der Waals surface area contributed by atoms with Crippen molar-refractivity contribution in [1.29, 1.82) is 0 Å². The Morgan fingerprint density at radius 2 is 2.00 bits per heavy atom. The Kier molecular flexibility index (Phi) is 5.08. The van der Waals surface area contributed by atoms with Crippen molar-refractivity contribution in [3.8, 4) is 17.2 Å². The molecule has 0 spiro atoms. The Morgan fingerprint density at radius 3 is 2.64 bits per heavy atom. The Balaban J connectivity index is 1.61. The van der Waals surface area contributed by atoms with Crippen LogP contribution in [0.25, 0.3) is 11.5 Å². The molecule has 0 fully saturated rings. The number of methoxy groups -OCH3 is 1. The third-order valence-electron chi connectivity index (χ3n) is 3.50. The van der Waals surface area contributed by atoms with Gasteiger partial charge < -0.3 is 18.9 Å². The number of benzene rings is 1. The number of nitrogens with zero attached hydrogens (tertiary/aromatic N) is 2. The molecular formula is C17H17N3O4S. The highest BCUT2D eigenvalue weighted by Gasteiger charge is 2.20. The molecule has 0 aliphatic carbocycles. The van der Waals surface area contributed by atoms with E-state index in [2.05, 4.69) is 15.5 Å². The van der Waals surface area contributed by atoms with Gasteiger partial charge in [0.1, 0.15) is 11.5 Å². The van der Waals surface area contributed by atoms with Crippen molar-refractivity contribution >= 4 is 23.4 Å². The lowest BCUT2D eigenvalue weighted by molar-refractivity contribution is -0.115. The molecule has 2 aromatic heterocycles. The van der Waals surface area contributed by atoms with Gasteiger partial charge in [0.25, 0.3) is 11.1 Å². The molecule has 0 aliphatic rings. The van der Waals surface area contributed by atoms with E-state index in [1.165, 1.54) is 11.8 Å². The van der Waals surface area contributed by atoms with Gasteiger partial charge in [-0.25, -0.2) is 0 Å². The average Bonchev–Trinajstić information content (AvgIpc) is 3.24. The number of ether oxygens (including phenoxy) is 1. The average molecular weight is 359 g/mol. The number of nitrogens with one attached hydrogen (secondary N) is 1. The zero-order valence-corrected chi connectivity index (χ0v) is 14.8. The SMILES string of the molecule is COc1ccc(NC(=O)[C@@H](C)Sc2nnc(-c3ccoc3C)o2)cc1. The van der Waals surface area contributed by atoms with Crippen LogP contribution in [-0.4, -0.2) is 28.5 Å². The summed E-state index contributed by atoms with van der Waals surface area (Å²) in [6, 6.07) is 8.88. The Labute approximate surface area is 148 Å². The van der Waals surface area contributed by atoms with Crippen LogP contribution in [-0.2, 0) is 4.79 Å². The van der Waals surface area contributed by atoms with Crippen molar-refractivity contribution < 1.29 is 18.4 Å². The van der Waals surface area contributed by atoms with E-state index in [1.807, 2.05) is 6.92 Å². The van der Waals surface area contributed by atoms with Gasteiger partial charge in [0.05, 0.1) is 24.2 Å². The van der Waals surface area contributed by atoms with Crippen molar-refractivity contribution in [2.75, 3.05) is 12.4 Å². The third kappa shape index (κ3) is 4.03. The summed E-state index contributed by atoms with van der Waals surface area (Å²) in [4.78, 5) is 12.3. The lowest BCUT2D eigenvalue weighted by atomic mass is 10.3. The lowest BCUT2D eigenvalue weighted by Crippen LogP contribution is -2.22. The number of thioether (sulfide) groups is 1. The molecule has 0 bridgehead atoms. The van der Waals surface area contributed by atoms with Crippen LogP contribution in [0.3, 0.4) is 0 Å². The first-order valence-electron chi connectivity index (χ1n) is 7.56. The lowest BCUT2D eigenvalue weighted by Gasteiger charge is -2.10. The van der Waals surface area contributed by atoms with Crippen molar-refractivity contribution in [2.45, 2.75) is 24.3 Å². The second-order valence-electron chi connectivity index (χ2n) is 5.24. The first-order chi connectivity index (χ1) is 12.1. The molecular weight excluding hydrogens is 342 g/mol. The molecule has 1 amide bonds. The normalized spacial score (nSPS) is 12.0. The molecule has 0 unspecified atom stereocenters. The second kappa shape index (κ2) is 7.43. The number of carbonyl (C=O) groups excluding carboxylic acids is 1. The van der Waals surface area contributed by atoms with E-state index in [9.17, 15) is 4.79 Å². The number of rotatable bonds is 6. The van der Waals surface area contributed by atoms with Gasteiger partial charge in [-0.2, -0.15) is 0 Å². The molecule has 1 atom stereocenters. The highest BCUT2D eigenvalue weighted by Crippen LogP contribution is 2.28. The molecule has 0 saturated carbocycles. The minimum absolute atomic E-state index is 0.158. The van der Waals surface area contributed by atoms with Gasteiger partial charge in [-0.1, -0.05) is 11.8 Å². The van der Waals surface area contributed by atoms with E-state index in [4.69, 9.17) is 13.6 Å². The minimum atomic E-state index is -0.402. The van der Waals surface area contributed by atoms with Gasteiger partial charge in [0, 0.05) is 5.69 Å². The minimum Gasteiger partial charge on any atom is -0.497 e. The van der Waals surface area contributed by atoms with Crippen LogP contribution < -0.4 is 10.1 Å². The van der Waals surface area contributed by atoms with Crippen molar-refractivity contribution in [1.82, 2.24) is 10.2 Å². The molecule has 3 rings (SSSR count). The van der Waals surface area contributed by atoms with Crippen molar-refractivity contribution in [3.63, 3.8) is 0 Å². The summed E-state index contributed by atoms with van der Waals surface area (Å²) in [7, 11) is 1.59. The molecule has 8 heteroatoms. The molecule has 1 N–H and O–H groups in total. The van der Waals surface area contributed by atoms with Crippen LogP contribution in [0.15, 0.2) is 50.7 Å². The number of aryl methyl sites for hydroxylation is 1. The largest absolute Gasteiger partial charge is 0.497 e. The second-order valence-corrected chi connectivity index (χ2v) is 6.53. The van der Waals surface area contributed by atoms with E-state index in [0.717, 1.165) is 11.3 Å². The maximum Gasteiger partial charge on any atom is 0.277 e. The maximum atomic E-state index is 12.3. The number of hydrogen-bond donors (Lipinski definition) is 1. The fourth-order valence-electron chi connectivity index (χ4n) is 2.10. The Hall–Kier alpha value is -2.74. The van der Waals surface area contributed by atoms with Crippen LogP contribution in [0.2, 0.25) is 0 Å². The van der Waals surface area contributed by atoms with Gasteiger partial charge in [-0.3, -0.25) is 4.79 Å². The predicted molar refractivity (Wildman–Crippen MR) is 93.7 cm³/mol. The molecule has 1 aromatic carbocycles. The summed E-state index contributed by atoms with van der Waals surface area (Å²) in [5.74, 6) is 1.64. The fourth-order valence-corrected chi connectivity index (χ4v) is 2.78. The van der Waals surface area contributed by atoms with Crippen LogP contribution >= 0.6 is 11.8 Å². The van der Waals surface area contributed by atoms with E-state index in [0.29, 0.717) is 22.6 Å². The molecule has 25 heavy (non-hydrogen) atoms. The quantitative estimate of drug-likeness (QED) is 0.670. The number of amides is 1. The van der Waals surface area contributed by atoms with Crippen molar-refractivity contribution in [3.05, 3.63) is 42.4 Å². The number of aromatic nitrogens is 2. The Bertz CT molecular complexity index is 857. The van der Waals surface area contributed by atoms with Crippen molar-refractivity contribution in [2.24, 2.45) is 0 Å². The summed E-state index contributed by atoms with van der Waals surface area (Å²) in [6.45, 7) is 3.59. The van der Waals surface area contributed by atoms with E-state index in [1.54, 1.807) is 50.6 Å². The number of hydrogen-bond acceptors (Lipinski definition) is 7. The Morgan fingerprint density at radius 1 is 1.24 bits per heavy atom. The van der Waals surface area contributed by atoms with E-state index < -0.39 is 5.25 Å². The summed E-state index contributed by atoms with van der Waals surface area (Å²) in [5, 5.41) is 10.7. The van der Waals surface area contributed by atoms with Crippen LogP contribution in [0.5, 0.6) is 5.75 Å². The predicted octanol–water partition coefficient (Wildman–Crippen LogP) is 3.77. The number of anilines is 1. The number of carbonyl (C=O) groups is 1. The molecule has 0 radical (unpaired) electrons. The van der Waals surface area contributed by atoms with Gasteiger partial charge in [0.2, 0.25) is 5.91 Å². The van der Waals surface area contributed by atoms with Crippen LogP contribution in [0, 0.1) is 6.92 Å². The van der Waals surface area contributed by atoms with Crippen LogP contribution in [0.1, 0.15) is 12.7 Å². The zero-order valence-electron chi connectivity index (χ0n) is 14.0. The molecule has 0 saturated heterocycles. The van der Waals surface area contributed by atoms with E-state index >= 15 is 0 Å². The van der Waals surface area contributed by atoms with Gasteiger partial charge in [-0.15, -0.1) is 10.2 Å². The maximum absolute atomic E-state index is 12.3. The molecule has 0 aliphatic heterocycles. The molecule has 7 nitrogen and oxygen atoms in total. The fraction of sp³-hybridized carbons (Fsp3) is 0.235. The number of furan rings is 1. The summed E-state index contributed by atoms with van der Waals surface area (Å²) in [5.41, 5.74) is 1.44. The highest BCUT2D eigenvalue weighted by atomic mass is 32.2. The summed E-state index contributed by atoms with van der Waals surface area (Å²) >= 11 is 1.19. The third-order valence-corrected chi connectivity index (χ3v) is 4.43. The standard InChI is InChI=1S/C17H17N3O4S/c1-10-14(8-9-23-10)16-19-20-17(24-16)25-11(2)15(21)18-12-4-6-13(22-3)7-5-12/h4-9,11H,1-3H3,(H,18,21)/t11-/m1/s1. The first kappa shape index (κ1) is 17.1. The monoisotopic (exact) mass is 359 g/mol. The molecule has 3 aromatic rings. The van der Waals surface area contributed by atoms with E-state index in [-0.39, 0.29) is 5.91 Å². The summed E-state index contributed by atoms with van der Waals surface area (Å²) in [6.07, 6.45) is 1.56. The topological polar surface area (TPSA) is 90.4 Å². The molecule has 2 heterocycles. The summed E-state index contributed by atoms with van der Waals surface area (Å²) < 4.78 is 15.9.